The van der Waals surface area contributed by atoms with Gasteiger partial charge in [-0.05, 0) is 42.5 Å². The molecular weight excluding hydrogens is 388 g/mol. The van der Waals surface area contributed by atoms with Crippen molar-refractivity contribution in [1.82, 2.24) is 0 Å². The third-order valence-electron chi connectivity index (χ3n) is 6.02. The Morgan fingerprint density at radius 3 is 1.87 bits per heavy atom. The highest BCUT2D eigenvalue weighted by molar-refractivity contribution is 5.88. The van der Waals surface area contributed by atoms with Gasteiger partial charge in [0, 0.05) is 17.5 Å². The first-order chi connectivity index (χ1) is 14.2. The van der Waals surface area contributed by atoms with Crippen molar-refractivity contribution in [3.63, 3.8) is 0 Å². The van der Waals surface area contributed by atoms with Gasteiger partial charge in [-0.3, -0.25) is 0 Å². The molecule has 0 aliphatic heterocycles. The number of benzene rings is 2. The summed E-state index contributed by atoms with van der Waals surface area (Å²) in [5.74, 6) is 1.82. The first-order valence-corrected chi connectivity index (χ1v) is 9.75. The van der Waals surface area contributed by atoms with Crippen molar-refractivity contribution in [2.75, 3.05) is 35.5 Å². The molecule has 0 saturated carbocycles. The highest BCUT2D eigenvalue weighted by atomic mass is 16.5. The van der Waals surface area contributed by atoms with Crippen LogP contribution in [0.25, 0.3) is 11.1 Å². The molecule has 0 radical (unpaired) electrons. The lowest BCUT2D eigenvalue weighted by atomic mass is 9.75. The van der Waals surface area contributed by atoms with E-state index in [1.165, 1.54) is 28.4 Å². The third kappa shape index (κ3) is 3.37. The van der Waals surface area contributed by atoms with Gasteiger partial charge in [-0.15, -0.1) is 0 Å². The van der Waals surface area contributed by atoms with E-state index in [0.29, 0.717) is 47.0 Å². The Labute approximate surface area is 177 Å². The fourth-order valence-corrected chi connectivity index (χ4v) is 4.20. The van der Waals surface area contributed by atoms with E-state index >= 15 is 0 Å². The number of ether oxygens (including phenoxy) is 5. The van der Waals surface area contributed by atoms with Crippen LogP contribution in [0.2, 0.25) is 0 Å². The van der Waals surface area contributed by atoms with E-state index in [9.17, 15) is 10.2 Å². The second-order valence-corrected chi connectivity index (χ2v) is 7.81. The lowest BCUT2D eigenvalue weighted by Gasteiger charge is -2.35. The number of hydrogen-bond acceptors (Lipinski definition) is 7. The smallest absolute Gasteiger partial charge is 0.203 e. The van der Waals surface area contributed by atoms with Crippen LogP contribution in [0.1, 0.15) is 25.0 Å². The predicted octanol–water partition coefficient (Wildman–Crippen LogP) is 3.59. The normalized spacial score (nSPS) is 20.3. The summed E-state index contributed by atoms with van der Waals surface area (Å²) in [4.78, 5) is 0. The molecule has 0 saturated heterocycles. The number of methoxy groups -OCH3 is 5. The van der Waals surface area contributed by atoms with Crippen molar-refractivity contribution < 1.29 is 33.9 Å². The lowest BCUT2D eigenvalue weighted by Crippen LogP contribution is -2.37. The average molecular weight is 418 g/mol. The molecule has 1 aliphatic carbocycles. The molecule has 0 heterocycles. The van der Waals surface area contributed by atoms with E-state index in [1.807, 2.05) is 26.0 Å². The Morgan fingerprint density at radius 1 is 0.800 bits per heavy atom. The van der Waals surface area contributed by atoms with Gasteiger partial charge in [-0.2, -0.15) is 0 Å². The van der Waals surface area contributed by atoms with Crippen LogP contribution in [0, 0.1) is 5.92 Å². The van der Waals surface area contributed by atoms with Crippen LogP contribution in [0.3, 0.4) is 0 Å². The molecule has 2 aromatic carbocycles. The molecule has 2 atom stereocenters. The molecule has 0 amide bonds. The fraction of sp³-hybridized carbons (Fsp3) is 0.478. The van der Waals surface area contributed by atoms with Crippen molar-refractivity contribution >= 4 is 0 Å². The zero-order valence-corrected chi connectivity index (χ0v) is 18.6. The van der Waals surface area contributed by atoms with Crippen LogP contribution in [0.4, 0.5) is 0 Å². The van der Waals surface area contributed by atoms with Crippen molar-refractivity contribution in [3.05, 3.63) is 23.3 Å². The standard InChI is InChI=1S/C23H30O7/c1-12-8-13-9-15(26-3)20(28-5)19(24)17(13)18-14(11-23(12,2)25)10-16(27-4)21(29-6)22(18)30-7/h9-10,12,24-25H,8,11H2,1-7H3/t12?,23-/m1/s1. The second-order valence-electron chi connectivity index (χ2n) is 7.81. The molecule has 1 unspecified atom stereocenters. The lowest BCUT2D eigenvalue weighted by molar-refractivity contribution is 0.00628. The van der Waals surface area contributed by atoms with E-state index in [1.54, 1.807) is 7.11 Å². The number of aromatic hydroxyl groups is 1. The minimum absolute atomic E-state index is 0.0487. The maximum atomic E-state index is 11.2. The SMILES string of the molecule is COc1cc2c(c(O)c1OC)-c1c(cc(OC)c(OC)c1OC)C[C@@](C)(O)C(C)C2. The summed E-state index contributed by atoms with van der Waals surface area (Å²) >= 11 is 0. The van der Waals surface area contributed by atoms with Gasteiger partial charge in [0.25, 0.3) is 0 Å². The summed E-state index contributed by atoms with van der Waals surface area (Å²) in [6.07, 6.45) is 0.862. The number of phenols is 1. The zero-order valence-electron chi connectivity index (χ0n) is 18.6. The van der Waals surface area contributed by atoms with E-state index < -0.39 is 5.60 Å². The van der Waals surface area contributed by atoms with Crippen molar-refractivity contribution in [3.8, 4) is 45.6 Å². The van der Waals surface area contributed by atoms with Crippen molar-refractivity contribution in [2.24, 2.45) is 5.92 Å². The highest BCUT2D eigenvalue weighted by Crippen LogP contribution is 2.55. The maximum absolute atomic E-state index is 11.2. The Hall–Kier alpha value is -2.80. The van der Waals surface area contributed by atoms with Crippen molar-refractivity contribution in [1.29, 1.82) is 0 Å². The van der Waals surface area contributed by atoms with E-state index in [-0.39, 0.29) is 17.4 Å². The monoisotopic (exact) mass is 418 g/mol. The largest absolute Gasteiger partial charge is 0.504 e. The summed E-state index contributed by atoms with van der Waals surface area (Å²) in [5, 5.41) is 22.5. The molecule has 0 fully saturated rings. The Morgan fingerprint density at radius 2 is 1.33 bits per heavy atom. The van der Waals surface area contributed by atoms with Crippen LogP contribution in [-0.4, -0.2) is 51.4 Å². The minimum Gasteiger partial charge on any atom is -0.504 e. The molecule has 1 aliphatic rings. The minimum atomic E-state index is -1.00. The van der Waals surface area contributed by atoms with Gasteiger partial charge in [-0.25, -0.2) is 0 Å². The molecule has 164 valence electrons. The molecule has 0 bridgehead atoms. The van der Waals surface area contributed by atoms with Gasteiger partial charge >= 0.3 is 0 Å². The number of aliphatic hydroxyl groups is 1. The fourth-order valence-electron chi connectivity index (χ4n) is 4.20. The van der Waals surface area contributed by atoms with Gasteiger partial charge < -0.3 is 33.9 Å². The molecule has 2 N–H and O–H groups in total. The Balaban J connectivity index is 2.51. The van der Waals surface area contributed by atoms with Crippen molar-refractivity contribution in [2.45, 2.75) is 32.3 Å². The highest BCUT2D eigenvalue weighted by Gasteiger charge is 2.37. The van der Waals surface area contributed by atoms with Gasteiger partial charge in [0.15, 0.2) is 23.0 Å². The van der Waals surface area contributed by atoms with E-state index in [2.05, 4.69) is 0 Å². The topological polar surface area (TPSA) is 86.6 Å². The molecular formula is C23H30O7. The summed E-state index contributed by atoms with van der Waals surface area (Å²) in [6.45, 7) is 3.80. The first-order valence-electron chi connectivity index (χ1n) is 9.75. The van der Waals surface area contributed by atoms with E-state index in [0.717, 1.165) is 11.1 Å². The number of rotatable bonds is 5. The quantitative estimate of drug-likeness (QED) is 0.767. The molecule has 3 rings (SSSR count). The molecule has 0 aromatic heterocycles. The second kappa shape index (κ2) is 8.14. The summed E-state index contributed by atoms with van der Waals surface area (Å²) in [7, 11) is 7.62. The average Bonchev–Trinajstić information content (AvgIpc) is 2.72. The number of hydrogen-bond donors (Lipinski definition) is 2. The van der Waals surface area contributed by atoms with E-state index in [4.69, 9.17) is 23.7 Å². The van der Waals surface area contributed by atoms with Crippen LogP contribution in [0.15, 0.2) is 12.1 Å². The number of phenolic OH excluding ortho intramolecular Hbond substituents is 1. The molecule has 7 heteroatoms. The number of fused-ring (bicyclic) bond motifs is 3. The first kappa shape index (κ1) is 21.9. The van der Waals surface area contributed by atoms with Gasteiger partial charge in [0.2, 0.25) is 11.5 Å². The van der Waals surface area contributed by atoms with Gasteiger partial charge in [-0.1, -0.05) is 6.92 Å². The third-order valence-corrected chi connectivity index (χ3v) is 6.02. The molecule has 2 aromatic rings. The van der Waals surface area contributed by atoms with Crippen LogP contribution < -0.4 is 23.7 Å². The van der Waals surface area contributed by atoms with Crippen LogP contribution >= 0.6 is 0 Å². The molecule has 30 heavy (non-hydrogen) atoms. The van der Waals surface area contributed by atoms with Gasteiger partial charge in [0.1, 0.15) is 0 Å². The maximum Gasteiger partial charge on any atom is 0.203 e. The van der Waals surface area contributed by atoms with Crippen LogP contribution in [0.5, 0.6) is 34.5 Å². The summed E-state index contributed by atoms with van der Waals surface area (Å²) in [5.41, 5.74) is 1.78. The summed E-state index contributed by atoms with van der Waals surface area (Å²) < 4.78 is 27.7. The zero-order chi connectivity index (χ0) is 22.2. The predicted molar refractivity (Wildman–Crippen MR) is 113 cm³/mol. The summed E-state index contributed by atoms with van der Waals surface area (Å²) in [6, 6.07) is 3.66. The Kier molecular flexibility index (Phi) is 5.94. The van der Waals surface area contributed by atoms with Crippen LogP contribution in [-0.2, 0) is 12.8 Å². The molecule has 7 nitrogen and oxygen atoms in total. The Bertz CT molecular complexity index is 950. The molecule has 0 spiro atoms. The van der Waals surface area contributed by atoms with Gasteiger partial charge in [0.05, 0.1) is 41.2 Å².